The number of nitrogens with one attached hydrogen (secondary N) is 2. The fourth-order valence-corrected chi connectivity index (χ4v) is 1.12. The topological polar surface area (TPSA) is 84.2 Å². The molecular formula is C12H25N3O2. The highest BCUT2D eigenvalue weighted by molar-refractivity contribution is 5.78. The van der Waals surface area contributed by atoms with E-state index in [9.17, 15) is 9.59 Å². The first kappa shape index (κ1) is 15.9. The minimum atomic E-state index is -0.316. The van der Waals surface area contributed by atoms with Crippen LogP contribution in [0, 0.1) is 5.92 Å². The highest BCUT2D eigenvalue weighted by Crippen LogP contribution is 2.06. The van der Waals surface area contributed by atoms with Gasteiger partial charge in [0.05, 0.1) is 0 Å². The van der Waals surface area contributed by atoms with E-state index < -0.39 is 0 Å². The lowest BCUT2D eigenvalue weighted by Crippen LogP contribution is -2.38. The lowest BCUT2D eigenvalue weighted by atomic mass is 10.00. The summed E-state index contributed by atoms with van der Waals surface area (Å²) in [5.74, 6) is -0.0478. The molecule has 0 radical (unpaired) electrons. The molecule has 0 saturated heterocycles. The Balaban J connectivity index is 3.56. The molecule has 0 aliphatic heterocycles. The molecule has 0 fully saturated rings. The van der Waals surface area contributed by atoms with E-state index in [4.69, 9.17) is 5.73 Å². The monoisotopic (exact) mass is 243 g/mol. The summed E-state index contributed by atoms with van der Waals surface area (Å²) in [4.78, 5) is 22.6. The number of carbonyl (C=O) groups excluding carboxylic acids is 2. The van der Waals surface area contributed by atoms with Gasteiger partial charge in [-0.1, -0.05) is 13.8 Å². The minimum absolute atomic E-state index is 0.00217. The Morgan fingerprint density at radius 2 is 1.71 bits per heavy atom. The lowest BCUT2D eigenvalue weighted by Gasteiger charge is -2.17. The molecular weight excluding hydrogens is 218 g/mol. The number of hydrogen-bond donors (Lipinski definition) is 3. The van der Waals surface area contributed by atoms with Gasteiger partial charge in [-0.15, -0.1) is 0 Å². The van der Waals surface area contributed by atoms with Gasteiger partial charge in [0.15, 0.2) is 0 Å². The average Bonchev–Trinajstić information content (AvgIpc) is 2.20. The van der Waals surface area contributed by atoms with Crippen molar-refractivity contribution in [2.45, 2.75) is 46.1 Å². The number of hydrogen-bond acceptors (Lipinski definition) is 3. The second-order valence-electron chi connectivity index (χ2n) is 5.28. The van der Waals surface area contributed by atoms with Gasteiger partial charge in [0.25, 0.3) is 0 Å². The molecule has 0 spiro atoms. The van der Waals surface area contributed by atoms with Crippen molar-refractivity contribution in [3.05, 3.63) is 0 Å². The molecule has 4 N–H and O–H groups in total. The normalized spacial score (nSPS) is 11.4. The van der Waals surface area contributed by atoms with Crippen molar-refractivity contribution in [3.63, 3.8) is 0 Å². The molecule has 0 atom stereocenters. The van der Waals surface area contributed by atoms with Gasteiger partial charge in [0.2, 0.25) is 11.8 Å². The third-order valence-electron chi connectivity index (χ3n) is 2.27. The maximum atomic E-state index is 11.4. The molecule has 0 heterocycles. The van der Waals surface area contributed by atoms with Crippen molar-refractivity contribution < 1.29 is 9.59 Å². The van der Waals surface area contributed by atoms with Crippen LogP contribution in [0.3, 0.4) is 0 Å². The summed E-state index contributed by atoms with van der Waals surface area (Å²) in [6.07, 6.45) is 1.07. The van der Waals surface area contributed by atoms with Crippen LogP contribution in [0.1, 0.15) is 40.5 Å². The Bertz CT molecular complexity index is 257. The van der Waals surface area contributed by atoms with E-state index >= 15 is 0 Å². The summed E-state index contributed by atoms with van der Waals surface area (Å²) in [5.41, 5.74) is 5.46. The standard InChI is InChI=1S/C12H25N3O2/c1-9(2)11(17)15-8-7-14-10(16)5-6-12(3,4)13/h9H,5-8,13H2,1-4H3,(H,14,16)(H,15,17). The smallest absolute Gasteiger partial charge is 0.222 e. The Labute approximate surface area is 104 Å². The zero-order chi connectivity index (χ0) is 13.5. The van der Waals surface area contributed by atoms with Crippen LogP contribution < -0.4 is 16.4 Å². The molecule has 5 nitrogen and oxygen atoms in total. The first-order chi connectivity index (χ1) is 7.72. The number of nitrogens with two attached hydrogens (primary N) is 1. The highest BCUT2D eigenvalue weighted by Gasteiger charge is 2.12. The van der Waals surface area contributed by atoms with E-state index in [0.29, 0.717) is 25.9 Å². The van der Waals surface area contributed by atoms with Crippen LogP contribution in [0.4, 0.5) is 0 Å². The zero-order valence-corrected chi connectivity index (χ0v) is 11.3. The molecule has 0 aliphatic carbocycles. The number of carbonyl (C=O) groups is 2. The van der Waals surface area contributed by atoms with Gasteiger partial charge in [-0.05, 0) is 20.3 Å². The molecule has 0 unspecified atom stereocenters. The molecule has 0 aromatic carbocycles. The summed E-state index contributed by atoms with van der Waals surface area (Å²) < 4.78 is 0. The van der Waals surface area contributed by atoms with Gasteiger partial charge in [-0.2, -0.15) is 0 Å². The third kappa shape index (κ3) is 9.81. The second kappa shape index (κ2) is 7.27. The van der Waals surface area contributed by atoms with Gasteiger partial charge in [0, 0.05) is 31.0 Å². The predicted octanol–water partition coefficient (Wildman–Crippen LogP) is 0.392. The summed E-state index contributed by atoms with van der Waals surface area (Å²) in [6, 6.07) is 0. The van der Waals surface area contributed by atoms with E-state index in [-0.39, 0.29) is 23.3 Å². The Hall–Kier alpha value is -1.10. The zero-order valence-electron chi connectivity index (χ0n) is 11.3. The summed E-state index contributed by atoms with van der Waals surface area (Å²) >= 11 is 0. The Morgan fingerprint density at radius 1 is 1.18 bits per heavy atom. The minimum Gasteiger partial charge on any atom is -0.354 e. The van der Waals surface area contributed by atoms with Gasteiger partial charge in [-0.25, -0.2) is 0 Å². The fraction of sp³-hybridized carbons (Fsp3) is 0.833. The molecule has 2 amide bonds. The van der Waals surface area contributed by atoms with E-state index in [0.717, 1.165) is 0 Å². The Kier molecular flexibility index (Phi) is 6.80. The van der Waals surface area contributed by atoms with Crippen LogP contribution in [0.25, 0.3) is 0 Å². The molecule has 17 heavy (non-hydrogen) atoms. The molecule has 0 saturated carbocycles. The fourth-order valence-electron chi connectivity index (χ4n) is 1.12. The molecule has 0 rings (SSSR count). The van der Waals surface area contributed by atoms with Crippen molar-refractivity contribution >= 4 is 11.8 Å². The summed E-state index contributed by atoms with van der Waals surface area (Å²) in [6.45, 7) is 8.37. The van der Waals surface area contributed by atoms with Crippen LogP contribution in [-0.2, 0) is 9.59 Å². The summed E-state index contributed by atoms with van der Waals surface area (Å²) in [5, 5.41) is 5.47. The maximum Gasteiger partial charge on any atom is 0.222 e. The predicted molar refractivity (Wildman–Crippen MR) is 68.4 cm³/mol. The van der Waals surface area contributed by atoms with Crippen LogP contribution in [-0.4, -0.2) is 30.4 Å². The SMILES string of the molecule is CC(C)C(=O)NCCNC(=O)CCC(C)(C)N. The quantitative estimate of drug-likeness (QED) is 0.566. The molecule has 0 aromatic rings. The van der Waals surface area contributed by atoms with Crippen molar-refractivity contribution in [1.29, 1.82) is 0 Å². The van der Waals surface area contributed by atoms with Crippen LogP contribution in [0.5, 0.6) is 0 Å². The number of amides is 2. The number of rotatable bonds is 7. The van der Waals surface area contributed by atoms with Gasteiger partial charge in [0.1, 0.15) is 0 Å². The van der Waals surface area contributed by atoms with Crippen molar-refractivity contribution in [2.24, 2.45) is 11.7 Å². The Morgan fingerprint density at radius 3 is 2.18 bits per heavy atom. The second-order valence-corrected chi connectivity index (χ2v) is 5.28. The van der Waals surface area contributed by atoms with Gasteiger partial charge >= 0.3 is 0 Å². The van der Waals surface area contributed by atoms with Crippen molar-refractivity contribution in [1.82, 2.24) is 10.6 Å². The average molecular weight is 243 g/mol. The van der Waals surface area contributed by atoms with Crippen LogP contribution in [0.15, 0.2) is 0 Å². The van der Waals surface area contributed by atoms with Gasteiger partial charge in [-0.3, -0.25) is 9.59 Å². The molecule has 100 valence electrons. The van der Waals surface area contributed by atoms with E-state index in [1.54, 1.807) is 0 Å². The maximum absolute atomic E-state index is 11.4. The van der Waals surface area contributed by atoms with Crippen molar-refractivity contribution in [2.75, 3.05) is 13.1 Å². The van der Waals surface area contributed by atoms with Crippen LogP contribution in [0.2, 0.25) is 0 Å². The molecule has 5 heteroatoms. The lowest BCUT2D eigenvalue weighted by molar-refractivity contribution is -0.124. The van der Waals surface area contributed by atoms with E-state index in [1.165, 1.54) is 0 Å². The largest absolute Gasteiger partial charge is 0.354 e. The van der Waals surface area contributed by atoms with Crippen molar-refractivity contribution in [3.8, 4) is 0 Å². The molecule has 0 aromatic heterocycles. The first-order valence-electron chi connectivity index (χ1n) is 6.05. The third-order valence-corrected chi connectivity index (χ3v) is 2.27. The first-order valence-corrected chi connectivity index (χ1v) is 6.05. The summed E-state index contributed by atoms with van der Waals surface area (Å²) in [7, 11) is 0. The van der Waals surface area contributed by atoms with Crippen LogP contribution >= 0.6 is 0 Å². The molecule has 0 bridgehead atoms. The van der Waals surface area contributed by atoms with E-state index in [1.807, 2.05) is 27.7 Å². The molecule has 0 aliphatic rings. The van der Waals surface area contributed by atoms with E-state index in [2.05, 4.69) is 10.6 Å². The van der Waals surface area contributed by atoms with Gasteiger partial charge < -0.3 is 16.4 Å². The highest BCUT2D eigenvalue weighted by atomic mass is 16.2.